The van der Waals surface area contributed by atoms with Gasteiger partial charge in [0, 0.05) is 25.2 Å². The largest absolute Gasteiger partial charge is 0.481 e. The summed E-state index contributed by atoms with van der Waals surface area (Å²) in [7, 11) is 0. The first-order valence-corrected chi connectivity index (χ1v) is 8.45. The van der Waals surface area contributed by atoms with Crippen LogP contribution >= 0.6 is 0 Å². The molecule has 24 heavy (non-hydrogen) atoms. The Hall–Kier alpha value is -2.37. The Morgan fingerprint density at radius 2 is 2.00 bits per heavy atom. The Kier molecular flexibility index (Phi) is 4.83. The first-order valence-electron chi connectivity index (χ1n) is 8.45. The standard InChI is InChI=1S/C18H22N2O4/c21-16-11-14-10-12(4-5-15(14)19-16)2-1-3-17(22)20-8-6-13(7-9-20)18(23)24/h4-5,10,13H,1-3,6-9,11H2,(H,19,21)(H,23,24). The predicted octanol–water partition coefficient (Wildman–Crippen LogP) is 1.83. The number of rotatable bonds is 5. The minimum Gasteiger partial charge on any atom is -0.481 e. The molecule has 3 rings (SSSR count). The third kappa shape index (κ3) is 3.75. The summed E-state index contributed by atoms with van der Waals surface area (Å²) < 4.78 is 0. The van der Waals surface area contributed by atoms with Crippen molar-refractivity contribution in [1.29, 1.82) is 0 Å². The highest BCUT2D eigenvalue weighted by Gasteiger charge is 2.26. The molecule has 0 bridgehead atoms. The SMILES string of the molecule is O=C1Cc2cc(CCCC(=O)N3CCC(C(=O)O)CC3)ccc2N1. The number of anilines is 1. The maximum Gasteiger partial charge on any atom is 0.306 e. The van der Waals surface area contributed by atoms with Gasteiger partial charge in [-0.1, -0.05) is 12.1 Å². The minimum atomic E-state index is -0.758. The third-order valence-corrected chi connectivity index (χ3v) is 4.85. The lowest BCUT2D eigenvalue weighted by Crippen LogP contribution is -2.40. The summed E-state index contributed by atoms with van der Waals surface area (Å²) in [6.45, 7) is 1.09. The van der Waals surface area contributed by atoms with Gasteiger partial charge in [-0.3, -0.25) is 14.4 Å². The van der Waals surface area contributed by atoms with Gasteiger partial charge in [0.25, 0.3) is 0 Å². The molecule has 2 N–H and O–H groups in total. The molecular weight excluding hydrogens is 308 g/mol. The monoisotopic (exact) mass is 330 g/mol. The van der Waals surface area contributed by atoms with Crippen LogP contribution in [0.1, 0.15) is 36.8 Å². The van der Waals surface area contributed by atoms with Crippen LogP contribution in [0.2, 0.25) is 0 Å². The fourth-order valence-corrected chi connectivity index (χ4v) is 3.42. The van der Waals surface area contributed by atoms with Gasteiger partial charge in [0.15, 0.2) is 0 Å². The number of carboxylic acids is 1. The number of hydrogen-bond acceptors (Lipinski definition) is 3. The molecule has 0 aliphatic carbocycles. The second-order valence-electron chi connectivity index (χ2n) is 6.56. The molecule has 0 unspecified atom stereocenters. The first kappa shape index (κ1) is 16.5. The van der Waals surface area contributed by atoms with Gasteiger partial charge in [-0.2, -0.15) is 0 Å². The number of aryl methyl sites for hydroxylation is 1. The van der Waals surface area contributed by atoms with E-state index < -0.39 is 5.97 Å². The second kappa shape index (κ2) is 7.03. The van der Waals surface area contributed by atoms with Crippen LogP contribution in [0.4, 0.5) is 5.69 Å². The molecule has 1 aromatic rings. The summed E-state index contributed by atoms with van der Waals surface area (Å²) in [6.07, 6.45) is 3.57. The molecule has 2 heterocycles. The number of carbonyl (C=O) groups is 3. The summed E-state index contributed by atoms with van der Waals surface area (Å²) in [4.78, 5) is 36.3. The molecule has 1 fully saturated rings. The highest BCUT2D eigenvalue weighted by atomic mass is 16.4. The van der Waals surface area contributed by atoms with Crippen molar-refractivity contribution in [1.82, 2.24) is 4.90 Å². The second-order valence-corrected chi connectivity index (χ2v) is 6.56. The molecule has 128 valence electrons. The van der Waals surface area contributed by atoms with E-state index in [0.717, 1.165) is 29.7 Å². The van der Waals surface area contributed by atoms with Gasteiger partial charge in [0.2, 0.25) is 11.8 Å². The van der Waals surface area contributed by atoms with Crippen molar-refractivity contribution in [2.45, 2.75) is 38.5 Å². The normalized spacial score (nSPS) is 17.5. The topological polar surface area (TPSA) is 86.7 Å². The van der Waals surface area contributed by atoms with Crippen LogP contribution in [0, 0.1) is 5.92 Å². The van der Waals surface area contributed by atoms with E-state index in [1.807, 2.05) is 18.2 Å². The zero-order valence-electron chi connectivity index (χ0n) is 13.6. The number of hydrogen-bond donors (Lipinski definition) is 2. The van der Waals surface area contributed by atoms with Crippen LogP contribution in [0.25, 0.3) is 0 Å². The van der Waals surface area contributed by atoms with Gasteiger partial charge in [-0.15, -0.1) is 0 Å². The Bertz CT molecular complexity index is 663. The molecule has 2 aliphatic rings. The van der Waals surface area contributed by atoms with Crippen molar-refractivity contribution in [2.75, 3.05) is 18.4 Å². The molecular formula is C18H22N2O4. The van der Waals surface area contributed by atoms with Crippen molar-refractivity contribution in [2.24, 2.45) is 5.92 Å². The quantitative estimate of drug-likeness (QED) is 0.862. The zero-order chi connectivity index (χ0) is 17.1. The summed E-state index contributed by atoms with van der Waals surface area (Å²) >= 11 is 0. The van der Waals surface area contributed by atoms with Crippen molar-refractivity contribution in [3.63, 3.8) is 0 Å². The van der Waals surface area contributed by atoms with Gasteiger partial charge in [0.1, 0.15) is 0 Å². The maximum atomic E-state index is 12.2. The van der Waals surface area contributed by atoms with Crippen LogP contribution in [0.15, 0.2) is 18.2 Å². The van der Waals surface area contributed by atoms with E-state index in [1.54, 1.807) is 4.90 Å². The molecule has 6 nitrogen and oxygen atoms in total. The lowest BCUT2D eigenvalue weighted by atomic mass is 9.96. The van der Waals surface area contributed by atoms with Crippen molar-refractivity contribution in [3.8, 4) is 0 Å². The predicted molar refractivity (Wildman–Crippen MR) is 88.7 cm³/mol. The molecule has 0 atom stereocenters. The fraction of sp³-hybridized carbons (Fsp3) is 0.500. The summed E-state index contributed by atoms with van der Waals surface area (Å²) in [6, 6.07) is 5.96. The van der Waals surface area contributed by atoms with Crippen molar-refractivity contribution in [3.05, 3.63) is 29.3 Å². The van der Waals surface area contributed by atoms with Crippen LogP contribution < -0.4 is 5.32 Å². The molecule has 2 amide bonds. The average Bonchev–Trinajstić information content (AvgIpc) is 2.94. The Morgan fingerprint density at radius 1 is 1.25 bits per heavy atom. The van der Waals surface area contributed by atoms with Crippen LogP contribution in [0.5, 0.6) is 0 Å². The highest BCUT2D eigenvalue weighted by Crippen LogP contribution is 2.24. The van der Waals surface area contributed by atoms with E-state index in [2.05, 4.69) is 5.32 Å². The molecule has 0 radical (unpaired) electrons. The van der Waals surface area contributed by atoms with Crippen LogP contribution in [-0.2, 0) is 27.2 Å². The molecule has 0 spiro atoms. The molecule has 0 saturated carbocycles. The lowest BCUT2D eigenvalue weighted by molar-refractivity contribution is -0.145. The molecule has 2 aliphatic heterocycles. The average molecular weight is 330 g/mol. The molecule has 6 heteroatoms. The number of aliphatic carboxylic acids is 1. The van der Waals surface area contributed by atoms with E-state index in [4.69, 9.17) is 5.11 Å². The van der Waals surface area contributed by atoms with E-state index in [0.29, 0.717) is 38.8 Å². The molecule has 0 aromatic heterocycles. The van der Waals surface area contributed by atoms with Gasteiger partial charge >= 0.3 is 5.97 Å². The number of benzene rings is 1. The number of nitrogens with zero attached hydrogens (tertiary/aromatic N) is 1. The summed E-state index contributed by atoms with van der Waals surface area (Å²) in [5.41, 5.74) is 3.06. The van der Waals surface area contributed by atoms with Gasteiger partial charge in [-0.05, 0) is 42.9 Å². The Labute approximate surface area is 140 Å². The maximum absolute atomic E-state index is 12.2. The summed E-state index contributed by atoms with van der Waals surface area (Å²) in [5, 5.41) is 11.8. The summed E-state index contributed by atoms with van der Waals surface area (Å²) in [5.74, 6) is -0.928. The van der Waals surface area contributed by atoms with Gasteiger partial charge in [-0.25, -0.2) is 0 Å². The van der Waals surface area contributed by atoms with E-state index in [-0.39, 0.29) is 17.7 Å². The van der Waals surface area contributed by atoms with Gasteiger partial charge < -0.3 is 15.3 Å². The Morgan fingerprint density at radius 3 is 2.71 bits per heavy atom. The molecule has 1 aromatic carbocycles. The lowest BCUT2D eigenvalue weighted by Gasteiger charge is -2.30. The fourth-order valence-electron chi connectivity index (χ4n) is 3.42. The first-order chi connectivity index (χ1) is 11.5. The number of nitrogens with one attached hydrogen (secondary N) is 1. The Balaban J connectivity index is 1.44. The van der Waals surface area contributed by atoms with E-state index >= 15 is 0 Å². The van der Waals surface area contributed by atoms with E-state index in [9.17, 15) is 14.4 Å². The third-order valence-electron chi connectivity index (χ3n) is 4.85. The number of carbonyl (C=O) groups excluding carboxylic acids is 2. The number of likely N-dealkylation sites (tertiary alicyclic amines) is 1. The van der Waals surface area contributed by atoms with Crippen molar-refractivity contribution >= 4 is 23.5 Å². The highest BCUT2D eigenvalue weighted by molar-refractivity contribution is 5.99. The zero-order valence-corrected chi connectivity index (χ0v) is 13.6. The number of fused-ring (bicyclic) bond motifs is 1. The number of amides is 2. The van der Waals surface area contributed by atoms with Crippen LogP contribution in [-0.4, -0.2) is 40.9 Å². The minimum absolute atomic E-state index is 0.0297. The number of piperidine rings is 1. The molecule has 1 saturated heterocycles. The van der Waals surface area contributed by atoms with Crippen LogP contribution in [0.3, 0.4) is 0 Å². The van der Waals surface area contributed by atoms with Gasteiger partial charge in [0.05, 0.1) is 12.3 Å². The number of carboxylic acid groups (broad SMARTS) is 1. The van der Waals surface area contributed by atoms with Crippen molar-refractivity contribution < 1.29 is 19.5 Å². The smallest absolute Gasteiger partial charge is 0.306 e. The van der Waals surface area contributed by atoms with E-state index in [1.165, 1.54) is 0 Å².